The Balaban J connectivity index is 1.52. The predicted octanol–water partition coefficient (Wildman–Crippen LogP) is 3.38. The number of hydrogen-bond donors (Lipinski definition) is 1. The van der Waals surface area contributed by atoms with Gasteiger partial charge in [-0.1, -0.05) is 18.1 Å². The molecular formula is C18H18N4S. The van der Waals surface area contributed by atoms with Gasteiger partial charge in [0.15, 0.2) is 5.01 Å². The molecule has 1 aliphatic heterocycles. The molecule has 0 saturated carbocycles. The highest BCUT2D eigenvalue weighted by Gasteiger charge is 2.14. The number of hydrogen-bond acceptors (Lipinski definition) is 4. The Hall–Kier alpha value is -2.16. The summed E-state index contributed by atoms with van der Waals surface area (Å²) in [4.78, 5) is 7.04. The van der Waals surface area contributed by atoms with Crippen molar-refractivity contribution in [1.82, 2.24) is 20.1 Å². The van der Waals surface area contributed by atoms with Gasteiger partial charge < -0.3 is 4.90 Å². The number of likely N-dealkylation sites (tertiary alicyclic amines) is 1. The summed E-state index contributed by atoms with van der Waals surface area (Å²) in [6.45, 7) is 2.29. The van der Waals surface area contributed by atoms with Gasteiger partial charge in [0.25, 0.3) is 0 Å². The van der Waals surface area contributed by atoms with E-state index in [1.807, 2.05) is 6.20 Å². The van der Waals surface area contributed by atoms with Crippen LogP contribution in [0.1, 0.15) is 17.8 Å². The van der Waals surface area contributed by atoms with E-state index in [4.69, 9.17) is 0 Å². The minimum absolute atomic E-state index is 0.514. The highest BCUT2D eigenvalue weighted by atomic mass is 32.1. The van der Waals surface area contributed by atoms with Crippen molar-refractivity contribution >= 4 is 22.2 Å². The fourth-order valence-electron chi connectivity index (χ4n) is 2.88. The lowest BCUT2D eigenvalue weighted by molar-refractivity contribution is 0.248. The first-order valence-corrected chi connectivity index (χ1v) is 8.75. The molecule has 0 radical (unpaired) electrons. The molecule has 116 valence electrons. The Morgan fingerprint density at radius 1 is 1.30 bits per heavy atom. The van der Waals surface area contributed by atoms with E-state index in [0.29, 0.717) is 5.92 Å². The Labute approximate surface area is 139 Å². The number of piperidine rings is 1. The van der Waals surface area contributed by atoms with Gasteiger partial charge in [-0.05, 0) is 45.0 Å². The van der Waals surface area contributed by atoms with Crippen molar-refractivity contribution in [2.75, 3.05) is 20.1 Å². The molecule has 4 rings (SSSR count). The number of benzene rings is 1. The first-order chi connectivity index (χ1) is 11.3. The first kappa shape index (κ1) is 14.4. The number of aromatic nitrogens is 3. The zero-order chi connectivity index (χ0) is 15.6. The van der Waals surface area contributed by atoms with E-state index in [1.165, 1.54) is 0 Å². The average molecular weight is 322 g/mol. The highest BCUT2D eigenvalue weighted by molar-refractivity contribution is 7.10. The monoisotopic (exact) mass is 322 g/mol. The van der Waals surface area contributed by atoms with Gasteiger partial charge >= 0.3 is 0 Å². The van der Waals surface area contributed by atoms with Crippen molar-refractivity contribution in [3.63, 3.8) is 0 Å². The van der Waals surface area contributed by atoms with Gasteiger partial charge in [-0.3, -0.25) is 5.10 Å². The van der Waals surface area contributed by atoms with Gasteiger partial charge in [-0.15, -0.1) is 11.3 Å². The summed E-state index contributed by atoms with van der Waals surface area (Å²) in [6, 6.07) is 6.24. The van der Waals surface area contributed by atoms with Crippen molar-refractivity contribution < 1.29 is 0 Å². The molecule has 1 aliphatic rings. The minimum Gasteiger partial charge on any atom is -0.306 e. The van der Waals surface area contributed by atoms with Crippen LogP contribution in [0.4, 0.5) is 0 Å². The molecule has 4 nitrogen and oxygen atoms in total. The van der Waals surface area contributed by atoms with Crippen molar-refractivity contribution in [3.8, 4) is 23.1 Å². The standard InChI is InChI=1S/C18H18N4S/c1-22-8-6-13(7-9-22)2-5-18-20-17(12-23-18)14-3-4-15-11-19-21-16(15)10-14/h3-4,10-13H,6-9H2,1H3,(H,19,21). The summed E-state index contributed by atoms with van der Waals surface area (Å²) in [5.41, 5.74) is 3.12. The van der Waals surface area contributed by atoms with Crippen molar-refractivity contribution in [2.24, 2.45) is 5.92 Å². The van der Waals surface area contributed by atoms with Crippen LogP contribution in [0.3, 0.4) is 0 Å². The minimum atomic E-state index is 0.514. The topological polar surface area (TPSA) is 44.8 Å². The number of rotatable bonds is 1. The maximum Gasteiger partial charge on any atom is 0.167 e. The summed E-state index contributed by atoms with van der Waals surface area (Å²) in [7, 11) is 2.17. The Morgan fingerprint density at radius 3 is 3.04 bits per heavy atom. The molecule has 1 saturated heterocycles. The normalized spacial score (nSPS) is 16.4. The van der Waals surface area contributed by atoms with E-state index >= 15 is 0 Å². The Morgan fingerprint density at radius 2 is 2.17 bits per heavy atom. The second-order valence-corrected chi connectivity index (χ2v) is 6.91. The molecule has 2 aromatic heterocycles. The second-order valence-electron chi connectivity index (χ2n) is 6.06. The van der Waals surface area contributed by atoms with Crippen LogP contribution in [0.5, 0.6) is 0 Å². The summed E-state index contributed by atoms with van der Waals surface area (Å²) >= 11 is 1.62. The SMILES string of the molecule is CN1CCC(C#Cc2nc(-c3ccc4cn[nH]c4c3)cs2)CC1. The van der Waals surface area contributed by atoms with Crippen LogP contribution >= 0.6 is 11.3 Å². The van der Waals surface area contributed by atoms with Gasteiger partial charge in [-0.25, -0.2) is 4.98 Å². The van der Waals surface area contributed by atoms with E-state index in [1.54, 1.807) is 11.3 Å². The van der Waals surface area contributed by atoms with E-state index in [9.17, 15) is 0 Å². The van der Waals surface area contributed by atoms with Crippen LogP contribution in [0, 0.1) is 17.8 Å². The predicted molar refractivity (Wildman–Crippen MR) is 94.3 cm³/mol. The quantitative estimate of drug-likeness (QED) is 0.699. The third-order valence-electron chi connectivity index (χ3n) is 4.34. The van der Waals surface area contributed by atoms with Crippen LogP contribution in [0.2, 0.25) is 0 Å². The molecule has 0 atom stereocenters. The molecule has 1 aromatic carbocycles. The van der Waals surface area contributed by atoms with E-state index in [0.717, 1.165) is 53.1 Å². The van der Waals surface area contributed by atoms with Crippen LogP contribution in [0.25, 0.3) is 22.2 Å². The van der Waals surface area contributed by atoms with Crippen LogP contribution in [-0.2, 0) is 0 Å². The molecule has 0 spiro atoms. The second kappa shape index (κ2) is 6.15. The maximum atomic E-state index is 4.67. The molecule has 0 unspecified atom stereocenters. The number of H-pyrrole nitrogens is 1. The molecule has 23 heavy (non-hydrogen) atoms. The number of nitrogens with one attached hydrogen (secondary N) is 1. The summed E-state index contributed by atoms with van der Waals surface area (Å²) < 4.78 is 0. The lowest BCUT2D eigenvalue weighted by Crippen LogP contribution is -2.29. The molecule has 0 amide bonds. The summed E-state index contributed by atoms with van der Waals surface area (Å²) in [5.74, 6) is 7.19. The molecule has 1 fully saturated rings. The third kappa shape index (κ3) is 3.14. The molecule has 3 aromatic rings. The highest BCUT2D eigenvalue weighted by Crippen LogP contribution is 2.25. The zero-order valence-electron chi connectivity index (χ0n) is 13.0. The smallest absolute Gasteiger partial charge is 0.167 e. The van der Waals surface area contributed by atoms with E-state index in [2.05, 4.69) is 62.5 Å². The number of fused-ring (bicyclic) bond motifs is 1. The van der Waals surface area contributed by atoms with Crippen LogP contribution < -0.4 is 0 Å². The van der Waals surface area contributed by atoms with Crippen molar-refractivity contribution in [2.45, 2.75) is 12.8 Å². The van der Waals surface area contributed by atoms with Gasteiger partial charge in [0, 0.05) is 22.2 Å². The van der Waals surface area contributed by atoms with Gasteiger partial charge in [0.05, 0.1) is 17.4 Å². The average Bonchev–Trinajstić information content (AvgIpc) is 3.22. The van der Waals surface area contributed by atoms with E-state index in [-0.39, 0.29) is 0 Å². The molecule has 5 heteroatoms. The summed E-state index contributed by atoms with van der Waals surface area (Å²) in [6.07, 6.45) is 4.16. The Bertz CT molecular complexity index is 875. The lowest BCUT2D eigenvalue weighted by atomic mass is 9.98. The fraction of sp³-hybridized carbons (Fsp3) is 0.333. The van der Waals surface area contributed by atoms with E-state index < -0.39 is 0 Å². The Kier molecular flexibility index (Phi) is 3.86. The zero-order valence-corrected chi connectivity index (χ0v) is 13.9. The number of nitrogens with zero attached hydrogens (tertiary/aromatic N) is 3. The van der Waals surface area contributed by atoms with Crippen molar-refractivity contribution in [3.05, 3.63) is 34.8 Å². The number of thiazole rings is 1. The van der Waals surface area contributed by atoms with Crippen molar-refractivity contribution in [1.29, 1.82) is 0 Å². The van der Waals surface area contributed by atoms with Gasteiger partial charge in [-0.2, -0.15) is 5.10 Å². The fourth-order valence-corrected chi connectivity index (χ4v) is 3.56. The largest absolute Gasteiger partial charge is 0.306 e. The lowest BCUT2D eigenvalue weighted by Gasteiger charge is -2.25. The molecule has 1 N–H and O–H groups in total. The van der Waals surface area contributed by atoms with Crippen LogP contribution in [0.15, 0.2) is 29.8 Å². The third-order valence-corrected chi connectivity index (χ3v) is 5.10. The molecular weight excluding hydrogens is 304 g/mol. The maximum absolute atomic E-state index is 4.67. The molecule has 3 heterocycles. The summed E-state index contributed by atoms with van der Waals surface area (Å²) in [5, 5.41) is 11.2. The number of aromatic amines is 1. The van der Waals surface area contributed by atoms with Gasteiger partial charge in [0.2, 0.25) is 0 Å². The van der Waals surface area contributed by atoms with Crippen LogP contribution in [-0.4, -0.2) is 40.2 Å². The molecule has 0 bridgehead atoms. The first-order valence-electron chi connectivity index (χ1n) is 7.87. The molecule has 0 aliphatic carbocycles. The van der Waals surface area contributed by atoms with Gasteiger partial charge in [0.1, 0.15) is 0 Å².